The predicted octanol–water partition coefficient (Wildman–Crippen LogP) is 4.61. The summed E-state index contributed by atoms with van der Waals surface area (Å²) in [7, 11) is 0. The number of fused-ring (bicyclic) bond motifs is 4. The normalized spacial score (nSPS) is 16.0. The first-order valence-corrected chi connectivity index (χ1v) is 12.9. The van der Waals surface area contributed by atoms with Gasteiger partial charge in [-0.3, -0.25) is 0 Å². The summed E-state index contributed by atoms with van der Waals surface area (Å²) >= 11 is 0. The number of aliphatic hydroxyl groups excluding tert-OH is 1. The van der Waals surface area contributed by atoms with Crippen molar-refractivity contribution in [1.29, 1.82) is 0 Å². The molecule has 0 saturated carbocycles. The average Bonchev–Trinajstić information content (AvgIpc) is 2.95. The van der Waals surface area contributed by atoms with E-state index in [9.17, 15) is 29.7 Å². The zero-order chi connectivity index (χ0) is 29.1. The van der Waals surface area contributed by atoms with E-state index < -0.39 is 23.5 Å². The molecule has 1 unspecified atom stereocenters. The molecule has 5 aromatic rings. The van der Waals surface area contributed by atoms with Gasteiger partial charge in [-0.05, 0) is 53.5 Å². The van der Waals surface area contributed by atoms with Gasteiger partial charge >= 0.3 is 17.2 Å². The van der Waals surface area contributed by atoms with Crippen LogP contribution in [0.4, 0.5) is 0 Å². The summed E-state index contributed by atoms with van der Waals surface area (Å²) < 4.78 is 21.7. The number of aliphatic hydroxyl groups is 1. The summed E-state index contributed by atoms with van der Waals surface area (Å²) in [5.41, 5.74) is 1.34. The summed E-state index contributed by atoms with van der Waals surface area (Å²) in [6, 6.07) is 17.2. The van der Waals surface area contributed by atoms with Crippen molar-refractivity contribution in [2.45, 2.75) is 19.1 Å². The van der Waals surface area contributed by atoms with Crippen LogP contribution in [0.5, 0.6) is 17.2 Å². The fraction of sp³-hybridized carbons (Fsp3) is 0.0938. The highest BCUT2D eigenvalue weighted by molar-refractivity contribution is 5.94. The number of phenolic OH excluding ortho intramolecular Hbond substituents is 2. The van der Waals surface area contributed by atoms with E-state index >= 15 is 0 Å². The van der Waals surface area contributed by atoms with Crippen molar-refractivity contribution < 1.29 is 38.4 Å². The minimum atomic E-state index is -1.17. The van der Waals surface area contributed by atoms with Crippen molar-refractivity contribution in [3.8, 4) is 17.2 Å². The number of rotatable bonds is 4. The Morgan fingerprint density at radius 1 is 0.690 bits per heavy atom. The van der Waals surface area contributed by atoms with Crippen molar-refractivity contribution in [3.05, 3.63) is 127 Å². The number of carbonyl (C=O) groups is 1. The Labute approximate surface area is 235 Å². The fourth-order valence-electron chi connectivity index (χ4n) is 5.38. The molecule has 10 heteroatoms. The molecule has 3 N–H and O–H groups in total. The quantitative estimate of drug-likeness (QED) is 0.208. The smallest absolute Gasteiger partial charge is 0.337 e. The number of hydrogen-bond acceptors (Lipinski definition) is 10. The summed E-state index contributed by atoms with van der Waals surface area (Å²) in [5.74, 6) is -0.892. The van der Waals surface area contributed by atoms with Gasteiger partial charge in [0.2, 0.25) is 0 Å². The number of hydrogen-bond donors (Lipinski definition) is 3. The van der Waals surface area contributed by atoms with E-state index in [4.69, 9.17) is 18.3 Å². The van der Waals surface area contributed by atoms with E-state index in [1.54, 1.807) is 42.5 Å². The molecule has 0 saturated heterocycles. The van der Waals surface area contributed by atoms with E-state index in [0.29, 0.717) is 33.2 Å². The number of carbonyl (C=O) groups excluding carboxylic acids is 1. The summed E-state index contributed by atoms with van der Waals surface area (Å²) in [5, 5.41) is 32.6. The van der Waals surface area contributed by atoms with Gasteiger partial charge in [-0.1, -0.05) is 30.3 Å². The molecule has 2 aliphatic heterocycles. The zero-order valence-electron chi connectivity index (χ0n) is 21.6. The SMILES string of the molecule is O=C1OC2Oc3ccc(Cc4cc(=O)oc5c(O)cccc45)cc3C(O)=C2C=C1Cc1cc(=O)oc2c(O)cccc12. The Morgan fingerprint density at radius 2 is 1.31 bits per heavy atom. The molecule has 0 bridgehead atoms. The van der Waals surface area contributed by atoms with Gasteiger partial charge in [0, 0.05) is 34.9 Å². The van der Waals surface area contributed by atoms with Crippen LogP contribution in [-0.2, 0) is 22.4 Å². The second-order valence-electron chi connectivity index (χ2n) is 10.0. The van der Waals surface area contributed by atoms with Gasteiger partial charge in [0.05, 0.1) is 11.1 Å². The van der Waals surface area contributed by atoms with Crippen molar-refractivity contribution in [2.75, 3.05) is 0 Å². The van der Waals surface area contributed by atoms with E-state index in [1.807, 2.05) is 0 Å². The van der Waals surface area contributed by atoms with Gasteiger partial charge in [0.1, 0.15) is 11.5 Å². The third-order valence-electron chi connectivity index (χ3n) is 7.31. The molecule has 1 atom stereocenters. The van der Waals surface area contributed by atoms with Crippen LogP contribution >= 0.6 is 0 Å². The fourth-order valence-corrected chi connectivity index (χ4v) is 5.38. The second-order valence-corrected chi connectivity index (χ2v) is 10.0. The molecule has 208 valence electrons. The molecule has 0 fully saturated rings. The van der Waals surface area contributed by atoms with Crippen LogP contribution in [0.15, 0.2) is 102 Å². The van der Waals surface area contributed by atoms with Crippen LogP contribution in [0.2, 0.25) is 0 Å². The van der Waals surface area contributed by atoms with E-state index in [-0.39, 0.29) is 52.4 Å². The van der Waals surface area contributed by atoms with Crippen molar-refractivity contribution >= 4 is 33.7 Å². The zero-order valence-corrected chi connectivity index (χ0v) is 21.6. The second kappa shape index (κ2) is 9.41. The number of aromatic hydroxyl groups is 2. The largest absolute Gasteiger partial charge is 0.507 e. The van der Waals surface area contributed by atoms with Gasteiger partial charge < -0.3 is 33.6 Å². The van der Waals surface area contributed by atoms with Crippen LogP contribution in [0, 0.1) is 0 Å². The van der Waals surface area contributed by atoms with Gasteiger partial charge in [-0.2, -0.15) is 0 Å². The number of benzene rings is 3. The molecular weight excluding hydrogens is 544 g/mol. The highest BCUT2D eigenvalue weighted by atomic mass is 16.7. The molecule has 42 heavy (non-hydrogen) atoms. The van der Waals surface area contributed by atoms with Gasteiger partial charge in [-0.15, -0.1) is 0 Å². The lowest BCUT2D eigenvalue weighted by Gasteiger charge is -2.30. The Hall–Kier alpha value is -5.77. The first-order chi connectivity index (χ1) is 20.2. The summed E-state index contributed by atoms with van der Waals surface area (Å²) in [4.78, 5) is 37.2. The minimum absolute atomic E-state index is 0.00588. The lowest BCUT2D eigenvalue weighted by molar-refractivity contribution is -0.155. The Balaban J connectivity index is 1.27. The topological polar surface area (TPSA) is 157 Å². The number of esters is 1. The lowest BCUT2D eigenvalue weighted by Crippen LogP contribution is -2.34. The molecule has 2 aliphatic rings. The van der Waals surface area contributed by atoms with Crippen molar-refractivity contribution in [3.63, 3.8) is 0 Å². The molecule has 0 aliphatic carbocycles. The maximum atomic E-state index is 12.9. The Morgan fingerprint density at radius 3 is 1.95 bits per heavy atom. The van der Waals surface area contributed by atoms with Crippen LogP contribution < -0.4 is 16.0 Å². The summed E-state index contributed by atoms with van der Waals surface area (Å²) in [6.45, 7) is 0. The molecule has 0 spiro atoms. The first kappa shape index (κ1) is 25.2. The van der Waals surface area contributed by atoms with Gasteiger partial charge in [0.15, 0.2) is 22.7 Å². The number of ether oxygens (including phenoxy) is 2. The average molecular weight is 565 g/mol. The van der Waals surface area contributed by atoms with Crippen LogP contribution in [0.3, 0.4) is 0 Å². The standard InChI is InChI=1S/C32H20O10/c33-23-5-1-3-19-16(13-26(35)40-29(19)23)9-15-7-8-25-21(10-15)28(37)22-12-18(31(38)42-32(22)39-25)11-17-14-27(36)41-30-20(17)4-2-6-24(30)34/h1-8,10,12-14,32-34,37H,9,11H2. The third-order valence-corrected chi connectivity index (χ3v) is 7.31. The first-order valence-electron chi connectivity index (χ1n) is 12.9. The molecule has 4 heterocycles. The molecule has 0 amide bonds. The van der Waals surface area contributed by atoms with Crippen LogP contribution in [0.1, 0.15) is 22.3 Å². The monoisotopic (exact) mass is 564 g/mol. The van der Waals surface area contributed by atoms with E-state index in [1.165, 1.54) is 30.3 Å². The molecule has 10 nitrogen and oxygen atoms in total. The maximum Gasteiger partial charge on any atom is 0.337 e. The van der Waals surface area contributed by atoms with Crippen molar-refractivity contribution in [2.24, 2.45) is 0 Å². The number of para-hydroxylation sites is 2. The van der Waals surface area contributed by atoms with Gasteiger partial charge in [0.25, 0.3) is 6.29 Å². The predicted molar refractivity (Wildman–Crippen MR) is 149 cm³/mol. The molecule has 3 aromatic carbocycles. The summed E-state index contributed by atoms with van der Waals surface area (Å²) in [6.07, 6.45) is 0.560. The van der Waals surface area contributed by atoms with Crippen LogP contribution in [-0.4, -0.2) is 27.6 Å². The molecule has 0 radical (unpaired) electrons. The molecule has 2 aromatic heterocycles. The molecule has 7 rings (SSSR count). The van der Waals surface area contributed by atoms with Crippen LogP contribution in [0.25, 0.3) is 27.7 Å². The highest BCUT2D eigenvalue weighted by Crippen LogP contribution is 2.40. The lowest BCUT2D eigenvalue weighted by atomic mass is 9.94. The third kappa shape index (κ3) is 4.17. The van der Waals surface area contributed by atoms with Crippen molar-refractivity contribution in [1.82, 2.24) is 0 Å². The van der Waals surface area contributed by atoms with Gasteiger partial charge in [-0.25, -0.2) is 14.4 Å². The Kier molecular flexibility index (Phi) is 5.65. The van der Waals surface area contributed by atoms with E-state index in [2.05, 4.69) is 0 Å². The van der Waals surface area contributed by atoms with E-state index in [0.717, 1.165) is 5.56 Å². The Bertz CT molecular complexity index is 2150. The highest BCUT2D eigenvalue weighted by Gasteiger charge is 2.36. The number of phenols is 2. The minimum Gasteiger partial charge on any atom is -0.507 e. The molecular formula is C32H20O10. The maximum absolute atomic E-state index is 12.9.